The Morgan fingerprint density at radius 2 is 1.06 bits per heavy atom. The van der Waals surface area contributed by atoms with Gasteiger partial charge in [0.1, 0.15) is 0 Å². The molecule has 0 amide bonds. The third-order valence-corrected chi connectivity index (χ3v) is 10.0. The highest BCUT2D eigenvalue weighted by Gasteiger charge is 2.36. The summed E-state index contributed by atoms with van der Waals surface area (Å²) in [5.74, 6) is 0. The van der Waals surface area contributed by atoms with Gasteiger partial charge in [-0.3, -0.25) is 0 Å². The quantitative estimate of drug-likeness (QED) is 0.171. The molecule has 47 heavy (non-hydrogen) atoms. The number of hydrogen-bond donors (Lipinski definition) is 0. The largest absolute Gasteiger partial charge is 0.314 e. The molecule has 0 spiro atoms. The normalized spacial score (nSPS) is 13.2. The van der Waals surface area contributed by atoms with Crippen molar-refractivity contribution >= 4 is 40.1 Å². The molecule has 2 heteroatoms. The third-order valence-electron chi connectivity index (χ3n) is 10.0. The Hall–Kier alpha value is -5.60. The molecule has 0 fully saturated rings. The van der Waals surface area contributed by atoms with Gasteiger partial charge in [0.2, 0.25) is 0 Å². The number of anilines is 3. The predicted octanol–water partition coefficient (Wildman–Crippen LogP) is 12.2. The molecule has 1 aliphatic rings. The van der Waals surface area contributed by atoms with Crippen LogP contribution in [-0.2, 0) is 5.41 Å². The van der Waals surface area contributed by atoms with Crippen LogP contribution in [0.1, 0.15) is 47.4 Å². The minimum atomic E-state index is -0.101. The number of aryl methyl sites for hydroxylation is 1. The summed E-state index contributed by atoms with van der Waals surface area (Å²) in [5, 5.41) is 1.33. The number of benzene rings is 6. The van der Waals surface area contributed by atoms with Gasteiger partial charge in [-0.15, -0.1) is 0 Å². The molecule has 0 saturated heterocycles. The molecule has 0 saturated carbocycles. The van der Waals surface area contributed by atoms with Crippen LogP contribution in [0.15, 0.2) is 146 Å². The van der Waals surface area contributed by atoms with Crippen LogP contribution in [-0.4, -0.2) is 4.57 Å². The molecule has 2 nitrogen and oxygen atoms in total. The van der Waals surface area contributed by atoms with E-state index in [4.69, 9.17) is 0 Å². The average molecular weight is 607 g/mol. The zero-order valence-electron chi connectivity index (χ0n) is 27.4. The van der Waals surface area contributed by atoms with Crippen LogP contribution in [0.25, 0.3) is 39.9 Å². The molecular weight excluding hydrogens is 569 g/mol. The average Bonchev–Trinajstić information content (AvgIpc) is 3.49. The van der Waals surface area contributed by atoms with E-state index in [2.05, 4.69) is 195 Å². The highest BCUT2D eigenvalue weighted by Crippen LogP contribution is 2.51. The number of nitrogens with zero attached hydrogens (tertiary/aromatic N) is 2. The smallest absolute Gasteiger partial charge is 0.0537 e. The van der Waals surface area contributed by atoms with Gasteiger partial charge in [0.15, 0.2) is 0 Å². The molecule has 0 aliphatic heterocycles. The summed E-state index contributed by atoms with van der Waals surface area (Å²) >= 11 is 0. The van der Waals surface area contributed by atoms with Crippen LogP contribution >= 0.6 is 0 Å². The zero-order valence-corrected chi connectivity index (χ0v) is 27.4. The van der Waals surface area contributed by atoms with Crippen LogP contribution in [0.5, 0.6) is 0 Å². The van der Waals surface area contributed by atoms with Crippen molar-refractivity contribution in [3.05, 3.63) is 179 Å². The van der Waals surface area contributed by atoms with Crippen LogP contribution < -0.4 is 4.90 Å². The van der Waals surface area contributed by atoms with Crippen LogP contribution in [0.3, 0.4) is 0 Å². The van der Waals surface area contributed by atoms with Gasteiger partial charge in [0.25, 0.3) is 0 Å². The third kappa shape index (κ3) is 4.89. The van der Waals surface area contributed by atoms with E-state index in [1.54, 1.807) is 0 Å². The Balaban J connectivity index is 1.11. The molecule has 0 radical (unpaired) electrons. The summed E-state index contributed by atoms with van der Waals surface area (Å²) in [7, 11) is 0. The topological polar surface area (TPSA) is 8.17 Å². The van der Waals surface area contributed by atoms with E-state index in [9.17, 15) is 0 Å². The standard InChI is InChI=1S/C45H38N2/c1-31-32(2)46(35-14-8-5-9-15-35)44-30-43-41(29-40(31)44)39-27-24-34(28-42(39)45(43,3)4)21-20-33-22-25-38(26-23-33)47(36-16-10-6-11-17-36)37-18-12-7-13-19-37/h5-30H,1-4H3. The van der Waals surface area contributed by atoms with Crippen molar-refractivity contribution in [2.75, 3.05) is 4.90 Å². The number of para-hydroxylation sites is 3. The first-order chi connectivity index (χ1) is 22.9. The maximum atomic E-state index is 2.45. The SMILES string of the molecule is Cc1c(C)n(-c2ccccc2)c2cc3c(cc12)-c1ccc(C=Cc2ccc(N(c4ccccc4)c4ccccc4)cc2)cc1C3(C)C. The van der Waals surface area contributed by atoms with E-state index >= 15 is 0 Å². The molecule has 8 rings (SSSR count). The van der Waals surface area contributed by atoms with E-state index in [1.807, 2.05) is 0 Å². The minimum absolute atomic E-state index is 0.101. The second kappa shape index (κ2) is 11.3. The van der Waals surface area contributed by atoms with Crippen molar-refractivity contribution in [2.24, 2.45) is 0 Å². The fourth-order valence-corrected chi connectivity index (χ4v) is 7.36. The van der Waals surface area contributed by atoms with Gasteiger partial charge >= 0.3 is 0 Å². The molecule has 1 aromatic heterocycles. The lowest BCUT2D eigenvalue weighted by molar-refractivity contribution is 0.660. The van der Waals surface area contributed by atoms with Gasteiger partial charge in [-0.25, -0.2) is 0 Å². The molecule has 0 bridgehead atoms. The van der Waals surface area contributed by atoms with E-state index in [0.29, 0.717) is 0 Å². The second-order valence-electron chi connectivity index (χ2n) is 13.2. The molecule has 0 unspecified atom stereocenters. The fraction of sp³-hybridized carbons (Fsp3) is 0.111. The molecule has 1 heterocycles. The molecule has 0 N–H and O–H groups in total. The number of hydrogen-bond acceptors (Lipinski definition) is 1. The Kier molecular flexibility index (Phi) is 6.95. The summed E-state index contributed by atoms with van der Waals surface area (Å²) in [6.45, 7) is 9.24. The predicted molar refractivity (Wildman–Crippen MR) is 200 cm³/mol. The van der Waals surface area contributed by atoms with Crippen molar-refractivity contribution in [1.29, 1.82) is 0 Å². The Morgan fingerprint density at radius 1 is 0.532 bits per heavy atom. The Labute approximate surface area is 277 Å². The van der Waals surface area contributed by atoms with Crippen molar-refractivity contribution in [1.82, 2.24) is 4.57 Å². The number of aromatic nitrogens is 1. The van der Waals surface area contributed by atoms with Crippen molar-refractivity contribution < 1.29 is 0 Å². The fourth-order valence-electron chi connectivity index (χ4n) is 7.36. The van der Waals surface area contributed by atoms with Gasteiger partial charge in [0.05, 0.1) is 5.52 Å². The molecule has 228 valence electrons. The number of fused-ring (bicyclic) bond motifs is 4. The van der Waals surface area contributed by atoms with E-state index < -0.39 is 0 Å². The minimum Gasteiger partial charge on any atom is -0.314 e. The van der Waals surface area contributed by atoms with Crippen molar-refractivity contribution in [2.45, 2.75) is 33.1 Å². The Morgan fingerprint density at radius 3 is 1.70 bits per heavy atom. The monoisotopic (exact) mass is 606 g/mol. The van der Waals surface area contributed by atoms with E-state index in [-0.39, 0.29) is 5.41 Å². The summed E-state index contributed by atoms with van der Waals surface area (Å²) in [4.78, 5) is 2.29. The molecule has 7 aromatic rings. The van der Waals surface area contributed by atoms with Crippen molar-refractivity contribution in [3.63, 3.8) is 0 Å². The summed E-state index contributed by atoms with van der Waals surface area (Å²) in [6.07, 6.45) is 4.47. The molecular formula is C45H38N2. The van der Waals surface area contributed by atoms with Gasteiger partial charge in [0, 0.05) is 39.2 Å². The molecule has 0 atom stereocenters. The maximum Gasteiger partial charge on any atom is 0.0537 e. The highest BCUT2D eigenvalue weighted by atomic mass is 15.1. The number of rotatable bonds is 6. The van der Waals surface area contributed by atoms with Crippen molar-refractivity contribution in [3.8, 4) is 16.8 Å². The first kappa shape index (κ1) is 28.8. The van der Waals surface area contributed by atoms with E-state index in [0.717, 1.165) is 17.1 Å². The Bertz CT molecular complexity index is 2220. The van der Waals surface area contributed by atoms with Crippen LogP contribution in [0.4, 0.5) is 17.1 Å². The zero-order chi connectivity index (χ0) is 32.1. The van der Waals surface area contributed by atoms with Gasteiger partial charge in [-0.05, 0) is 113 Å². The van der Waals surface area contributed by atoms with Gasteiger partial charge in [-0.1, -0.05) is 111 Å². The van der Waals surface area contributed by atoms with Gasteiger partial charge < -0.3 is 9.47 Å². The maximum absolute atomic E-state index is 2.45. The highest BCUT2D eigenvalue weighted by molar-refractivity contribution is 5.96. The molecule has 6 aromatic carbocycles. The lowest BCUT2D eigenvalue weighted by atomic mass is 9.81. The lowest BCUT2D eigenvalue weighted by Crippen LogP contribution is -2.15. The lowest BCUT2D eigenvalue weighted by Gasteiger charge is -2.25. The summed E-state index contributed by atoms with van der Waals surface area (Å²) in [5.41, 5.74) is 16.3. The first-order valence-corrected chi connectivity index (χ1v) is 16.4. The van der Waals surface area contributed by atoms with Crippen LogP contribution in [0.2, 0.25) is 0 Å². The molecule has 1 aliphatic carbocycles. The summed E-state index contributed by atoms with van der Waals surface area (Å²) in [6, 6.07) is 52.5. The van der Waals surface area contributed by atoms with E-state index in [1.165, 1.54) is 61.2 Å². The summed E-state index contributed by atoms with van der Waals surface area (Å²) < 4.78 is 2.42. The van der Waals surface area contributed by atoms with Crippen LogP contribution in [0, 0.1) is 13.8 Å². The second-order valence-corrected chi connectivity index (χ2v) is 13.2. The first-order valence-electron chi connectivity index (χ1n) is 16.4. The van der Waals surface area contributed by atoms with Gasteiger partial charge in [-0.2, -0.15) is 0 Å².